The summed E-state index contributed by atoms with van der Waals surface area (Å²) in [5.41, 5.74) is 0.553. The van der Waals surface area contributed by atoms with Crippen molar-refractivity contribution >= 4 is 11.9 Å². The molecule has 0 aromatic heterocycles. The number of hydrogen-bond acceptors (Lipinski definition) is 4. The molecule has 0 spiro atoms. The molecule has 2 rings (SSSR count). The van der Waals surface area contributed by atoms with Crippen LogP contribution in [0, 0.1) is 5.82 Å². The average Bonchev–Trinajstić information content (AvgIpc) is 2.55. The Balaban J connectivity index is 1.82. The molecule has 2 N–H and O–H groups in total. The molecule has 0 bridgehead atoms. The first-order valence-corrected chi connectivity index (χ1v) is 8.00. The molecule has 1 aliphatic rings. The second-order valence-corrected chi connectivity index (χ2v) is 5.70. The normalized spacial score (nSPS) is 16.5. The Labute approximate surface area is 139 Å². The number of rotatable bonds is 8. The maximum Gasteiger partial charge on any atom is 0.305 e. The van der Waals surface area contributed by atoms with Gasteiger partial charge in [-0.2, -0.15) is 0 Å². The van der Waals surface area contributed by atoms with Crippen LogP contribution in [0.15, 0.2) is 24.3 Å². The molecule has 1 amide bonds. The lowest BCUT2D eigenvalue weighted by Gasteiger charge is -2.22. The molecule has 1 aliphatic heterocycles. The number of aliphatic carboxylic acids is 1. The third kappa shape index (κ3) is 6.25. The van der Waals surface area contributed by atoms with E-state index < -0.39 is 17.8 Å². The summed E-state index contributed by atoms with van der Waals surface area (Å²) in [5, 5.41) is 11.7. The van der Waals surface area contributed by atoms with Crippen LogP contribution in [0.1, 0.15) is 37.3 Å². The zero-order valence-corrected chi connectivity index (χ0v) is 13.4. The van der Waals surface area contributed by atoms with E-state index in [2.05, 4.69) is 5.32 Å². The van der Waals surface area contributed by atoms with Gasteiger partial charge in [0.2, 0.25) is 5.91 Å². The average molecular weight is 339 g/mol. The predicted molar refractivity (Wildman–Crippen MR) is 83.9 cm³/mol. The number of carboxylic acid groups (broad SMARTS) is 1. The molecule has 1 heterocycles. The molecular formula is C17H22FNO5. The molecule has 1 fully saturated rings. The van der Waals surface area contributed by atoms with E-state index in [4.69, 9.17) is 14.6 Å². The van der Waals surface area contributed by atoms with Gasteiger partial charge in [-0.15, -0.1) is 0 Å². The molecule has 6 nitrogen and oxygen atoms in total. The summed E-state index contributed by atoms with van der Waals surface area (Å²) >= 11 is 0. The molecule has 1 aromatic rings. The minimum atomic E-state index is -1.04. The van der Waals surface area contributed by atoms with Crippen molar-refractivity contribution in [2.45, 2.75) is 37.8 Å². The second kappa shape index (κ2) is 9.34. The first-order valence-electron chi connectivity index (χ1n) is 8.00. The van der Waals surface area contributed by atoms with Gasteiger partial charge in [0.05, 0.1) is 25.2 Å². The Hall–Kier alpha value is -1.99. The van der Waals surface area contributed by atoms with E-state index in [0.29, 0.717) is 18.8 Å². The second-order valence-electron chi connectivity index (χ2n) is 5.70. The van der Waals surface area contributed by atoms with E-state index in [9.17, 15) is 14.0 Å². The Morgan fingerprint density at radius 1 is 1.29 bits per heavy atom. The van der Waals surface area contributed by atoms with Crippen molar-refractivity contribution in [1.82, 2.24) is 5.32 Å². The van der Waals surface area contributed by atoms with Crippen LogP contribution in [0.25, 0.3) is 0 Å². The summed E-state index contributed by atoms with van der Waals surface area (Å²) in [5.74, 6) is -1.75. The van der Waals surface area contributed by atoms with E-state index in [0.717, 1.165) is 12.8 Å². The van der Waals surface area contributed by atoms with Gasteiger partial charge >= 0.3 is 5.97 Å². The van der Waals surface area contributed by atoms with Crippen LogP contribution in [0.4, 0.5) is 4.39 Å². The number of benzene rings is 1. The van der Waals surface area contributed by atoms with Crippen LogP contribution in [0.2, 0.25) is 0 Å². The number of carbonyl (C=O) groups is 2. The predicted octanol–water partition coefficient (Wildman–Crippen LogP) is 2.04. The van der Waals surface area contributed by atoms with Crippen LogP contribution in [-0.4, -0.2) is 42.9 Å². The van der Waals surface area contributed by atoms with Crippen LogP contribution < -0.4 is 5.32 Å². The summed E-state index contributed by atoms with van der Waals surface area (Å²) < 4.78 is 23.9. The Morgan fingerprint density at radius 2 is 1.96 bits per heavy atom. The summed E-state index contributed by atoms with van der Waals surface area (Å²) in [7, 11) is 0. The number of carbonyl (C=O) groups excluding carboxylic acids is 1. The van der Waals surface area contributed by atoms with Crippen LogP contribution in [0.5, 0.6) is 0 Å². The number of halogens is 1. The van der Waals surface area contributed by atoms with Gasteiger partial charge in [-0.3, -0.25) is 9.59 Å². The monoisotopic (exact) mass is 339 g/mol. The van der Waals surface area contributed by atoms with E-state index in [1.165, 1.54) is 24.3 Å². The van der Waals surface area contributed by atoms with Gasteiger partial charge in [0.1, 0.15) is 5.82 Å². The van der Waals surface area contributed by atoms with E-state index in [1.54, 1.807) is 0 Å². The highest BCUT2D eigenvalue weighted by Gasteiger charge is 2.19. The summed E-state index contributed by atoms with van der Waals surface area (Å²) in [6.07, 6.45) is 1.63. The van der Waals surface area contributed by atoms with Gasteiger partial charge in [0.25, 0.3) is 0 Å². The molecule has 1 saturated heterocycles. The molecule has 0 saturated carbocycles. The largest absolute Gasteiger partial charge is 0.481 e. The van der Waals surface area contributed by atoms with Crippen molar-refractivity contribution in [3.63, 3.8) is 0 Å². The third-order valence-corrected chi connectivity index (χ3v) is 3.84. The zero-order valence-electron chi connectivity index (χ0n) is 13.4. The fourth-order valence-electron chi connectivity index (χ4n) is 2.55. The maximum absolute atomic E-state index is 13.0. The van der Waals surface area contributed by atoms with Gasteiger partial charge < -0.3 is 19.9 Å². The van der Waals surface area contributed by atoms with Gasteiger partial charge in [0.15, 0.2) is 0 Å². The molecule has 1 aromatic carbocycles. The lowest BCUT2D eigenvalue weighted by Crippen LogP contribution is -2.31. The molecule has 0 aliphatic carbocycles. The highest BCUT2D eigenvalue weighted by atomic mass is 19.1. The molecular weight excluding hydrogens is 317 g/mol. The number of hydrogen-bond donors (Lipinski definition) is 2. The summed E-state index contributed by atoms with van der Waals surface area (Å²) in [6.45, 7) is 1.62. The van der Waals surface area contributed by atoms with Crippen LogP contribution in [-0.2, 0) is 19.1 Å². The third-order valence-electron chi connectivity index (χ3n) is 3.84. The van der Waals surface area contributed by atoms with Gasteiger partial charge in [-0.1, -0.05) is 12.1 Å². The number of carboxylic acids is 1. The Kier molecular flexibility index (Phi) is 7.14. The minimum Gasteiger partial charge on any atom is -0.481 e. The molecule has 0 radical (unpaired) electrons. The molecule has 132 valence electrons. The summed E-state index contributed by atoms with van der Waals surface area (Å²) in [4.78, 5) is 23.0. The number of ether oxygens (including phenoxy) is 2. The van der Waals surface area contributed by atoms with Crippen LogP contribution in [0.3, 0.4) is 0 Å². The highest BCUT2D eigenvalue weighted by molar-refractivity contribution is 5.77. The van der Waals surface area contributed by atoms with Crippen molar-refractivity contribution in [2.24, 2.45) is 0 Å². The molecule has 24 heavy (non-hydrogen) atoms. The fourth-order valence-corrected chi connectivity index (χ4v) is 2.55. The Bertz CT molecular complexity index is 542. The minimum absolute atomic E-state index is 0.110. The number of amides is 1. The smallest absolute Gasteiger partial charge is 0.305 e. The first-order chi connectivity index (χ1) is 11.5. The molecule has 7 heteroatoms. The van der Waals surface area contributed by atoms with Crippen molar-refractivity contribution in [3.05, 3.63) is 35.6 Å². The summed E-state index contributed by atoms with van der Waals surface area (Å²) in [6, 6.07) is 4.73. The van der Waals surface area contributed by atoms with Crippen molar-refractivity contribution in [3.8, 4) is 0 Å². The maximum atomic E-state index is 13.0. The first kappa shape index (κ1) is 18.4. The fraction of sp³-hybridized carbons (Fsp3) is 0.529. The highest BCUT2D eigenvalue weighted by Crippen LogP contribution is 2.18. The van der Waals surface area contributed by atoms with Crippen LogP contribution >= 0.6 is 0 Å². The Morgan fingerprint density at radius 3 is 2.58 bits per heavy atom. The molecule has 1 unspecified atom stereocenters. The SMILES string of the molecule is O=C(O)CC(NC(=O)CCOC1CCOCC1)c1ccc(F)cc1. The number of nitrogens with one attached hydrogen (secondary N) is 1. The standard InChI is InChI=1S/C17H22FNO5/c18-13-3-1-12(2-4-13)15(11-17(21)22)19-16(20)7-10-24-14-5-8-23-9-6-14/h1-4,14-15H,5-11H2,(H,19,20)(H,21,22). The lowest BCUT2D eigenvalue weighted by atomic mass is 10.0. The zero-order chi connectivity index (χ0) is 17.4. The van der Waals surface area contributed by atoms with Crippen molar-refractivity contribution in [1.29, 1.82) is 0 Å². The van der Waals surface area contributed by atoms with Crippen molar-refractivity contribution in [2.75, 3.05) is 19.8 Å². The topological polar surface area (TPSA) is 84.9 Å². The van der Waals surface area contributed by atoms with Gasteiger partial charge in [0, 0.05) is 19.6 Å². The van der Waals surface area contributed by atoms with E-state index in [1.807, 2.05) is 0 Å². The van der Waals surface area contributed by atoms with E-state index >= 15 is 0 Å². The van der Waals surface area contributed by atoms with Gasteiger partial charge in [-0.05, 0) is 30.5 Å². The van der Waals surface area contributed by atoms with E-state index in [-0.39, 0.29) is 31.5 Å². The van der Waals surface area contributed by atoms with Gasteiger partial charge in [-0.25, -0.2) is 4.39 Å². The lowest BCUT2D eigenvalue weighted by molar-refractivity contribution is -0.137. The quantitative estimate of drug-likeness (QED) is 0.757. The molecule has 1 atom stereocenters. The van der Waals surface area contributed by atoms with Crippen molar-refractivity contribution < 1.29 is 28.6 Å².